The SMILES string of the molecule is Cc1cn(C[C@]2(C)S[C@@H]3CC(=O)N3[C@H]2C(=O)O)cn1. The van der Waals surface area contributed by atoms with Crippen LogP contribution in [0.3, 0.4) is 0 Å². The zero-order valence-electron chi connectivity index (χ0n) is 10.7. The number of hydrogen-bond donors (Lipinski definition) is 1. The predicted octanol–water partition coefficient (Wildman–Crippen LogP) is 0.709. The van der Waals surface area contributed by atoms with Crippen molar-refractivity contribution in [3.8, 4) is 0 Å². The fraction of sp³-hybridized carbons (Fsp3) is 0.583. The highest BCUT2D eigenvalue weighted by atomic mass is 32.2. The predicted molar refractivity (Wildman–Crippen MR) is 69.6 cm³/mol. The Labute approximate surface area is 114 Å². The first kappa shape index (κ1) is 12.5. The van der Waals surface area contributed by atoms with Crippen LogP contribution in [-0.4, -0.2) is 47.6 Å². The number of aryl methyl sites for hydroxylation is 1. The van der Waals surface area contributed by atoms with Gasteiger partial charge in [-0.1, -0.05) is 0 Å². The number of carboxylic acids is 1. The highest BCUT2D eigenvalue weighted by Crippen LogP contribution is 2.51. The molecular weight excluding hydrogens is 266 g/mol. The summed E-state index contributed by atoms with van der Waals surface area (Å²) in [4.78, 5) is 28.8. The van der Waals surface area contributed by atoms with Crippen LogP contribution in [0.15, 0.2) is 12.5 Å². The molecule has 19 heavy (non-hydrogen) atoms. The van der Waals surface area contributed by atoms with Gasteiger partial charge in [0.05, 0.1) is 28.6 Å². The molecule has 2 aliphatic rings. The smallest absolute Gasteiger partial charge is 0.327 e. The van der Waals surface area contributed by atoms with Gasteiger partial charge in [-0.25, -0.2) is 9.78 Å². The maximum Gasteiger partial charge on any atom is 0.327 e. The second-order valence-corrected chi connectivity index (χ2v) is 7.03. The van der Waals surface area contributed by atoms with Gasteiger partial charge in [-0.15, -0.1) is 11.8 Å². The van der Waals surface area contributed by atoms with E-state index in [1.807, 2.05) is 24.6 Å². The van der Waals surface area contributed by atoms with Gasteiger partial charge in [0.15, 0.2) is 0 Å². The highest BCUT2D eigenvalue weighted by molar-refractivity contribution is 8.01. The van der Waals surface area contributed by atoms with Crippen LogP contribution in [0.1, 0.15) is 19.0 Å². The Morgan fingerprint density at radius 3 is 2.95 bits per heavy atom. The lowest BCUT2D eigenvalue weighted by Gasteiger charge is -2.37. The van der Waals surface area contributed by atoms with Gasteiger partial charge in [-0.2, -0.15) is 0 Å². The zero-order chi connectivity index (χ0) is 13.8. The molecule has 1 N–H and O–H groups in total. The fourth-order valence-corrected chi connectivity index (χ4v) is 4.67. The van der Waals surface area contributed by atoms with Crippen LogP contribution in [0.5, 0.6) is 0 Å². The van der Waals surface area contributed by atoms with E-state index in [1.165, 1.54) is 4.90 Å². The number of carboxylic acid groups (broad SMARTS) is 1. The Balaban J connectivity index is 1.89. The molecule has 0 bridgehead atoms. The summed E-state index contributed by atoms with van der Waals surface area (Å²) in [6.07, 6.45) is 4.05. The summed E-state index contributed by atoms with van der Waals surface area (Å²) in [5.41, 5.74) is 0.901. The average Bonchev–Trinajstić information content (AvgIpc) is 2.79. The summed E-state index contributed by atoms with van der Waals surface area (Å²) in [5, 5.41) is 9.46. The first-order chi connectivity index (χ1) is 8.90. The third-order valence-electron chi connectivity index (χ3n) is 3.70. The van der Waals surface area contributed by atoms with Crippen molar-refractivity contribution in [2.24, 2.45) is 0 Å². The average molecular weight is 281 g/mol. The van der Waals surface area contributed by atoms with Crippen molar-refractivity contribution in [2.75, 3.05) is 0 Å². The van der Waals surface area contributed by atoms with Crippen LogP contribution in [-0.2, 0) is 16.1 Å². The summed E-state index contributed by atoms with van der Waals surface area (Å²) in [7, 11) is 0. The summed E-state index contributed by atoms with van der Waals surface area (Å²) >= 11 is 1.58. The number of carbonyl (C=O) groups excluding carboxylic acids is 1. The monoisotopic (exact) mass is 281 g/mol. The minimum Gasteiger partial charge on any atom is -0.480 e. The van der Waals surface area contributed by atoms with E-state index in [1.54, 1.807) is 18.1 Å². The highest BCUT2D eigenvalue weighted by Gasteiger charge is 2.60. The van der Waals surface area contributed by atoms with Crippen molar-refractivity contribution >= 4 is 23.6 Å². The van der Waals surface area contributed by atoms with Crippen LogP contribution < -0.4 is 0 Å². The standard InChI is InChI=1S/C12H15N3O3S/c1-7-4-14(6-13-7)5-12(2)10(11(17)18)15-8(16)3-9(15)19-12/h4,6,9-10H,3,5H2,1-2H3,(H,17,18)/t9-,10+,12+/m1/s1. The zero-order valence-corrected chi connectivity index (χ0v) is 11.6. The van der Waals surface area contributed by atoms with Gasteiger partial charge < -0.3 is 14.6 Å². The second-order valence-electron chi connectivity index (χ2n) is 5.32. The van der Waals surface area contributed by atoms with E-state index >= 15 is 0 Å². The number of carbonyl (C=O) groups is 2. The van der Waals surface area contributed by atoms with Crippen molar-refractivity contribution in [3.63, 3.8) is 0 Å². The third-order valence-corrected chi connectivity index (χ3v) is 5.26. The molecule has 6 nitrogen and oxygen atoms in total. The molecule has 3 rings (SSSR count). The normalized spacial score (nSPS) is 33.2. The number of β-lactam (4-membered cyclic amide) rings is 1. The van der Waals surface area contributed by atoms with Crippen molar-refractivity contribution in [1.29, 1.82) is 0 Å². The number of aromatic nitrogens is 2. The van der Waals surface area contributed by atoms with Crippen LogP contribution in [0, 0.1) is 6.92 Å². The molecule has 0 saturated carbocycles. The van der Waals surface area contributed by atoms with E-state index < -0.39 is 16.8 Å². The number of aliphatic carboxylic acids is 1. The molecule has 0 aromatic carbocycles. The van der Waals surface area contributed by atoms with Gasteiger partial charge in [0.1, 0.15) is 6.04 Å². The van der Waals surface area contributed by atoms with E-state index in [-0.39, 0.29) is 11.3 Å². The first-order valence-corrected chi connectivity index (χ1v) is 6.99. The van der Waals surface area contributed by atoms with E-state index in [2.05, 4.69) is 4.98 Å². The lowest BCUT2D eigenvalue weighted by atomic mass is 9.96. The minimum absolute atomic E-state index is 0.0169. The van der Waals surface area contributed by atoms with E-state index in [0.29, 0.717) is 13.0 Å². The fourth-order valence-electron chi connectivity index (χ4n) is 2.90. The lowest BCUT2D eigenvalue weighted by molar-refractivity contribution is -0.157. The molecule has 0 aliphatic carbocycles. The number of imidazole rings is 1. The number of fused-ring (bicyclic) bond motifs is 1. The molecule has 1 aromatic rings. The Morgan fingerprint density at radius 2 is 2.42 bits per heavy atom. The number of thioether (sulfide) groups is 1. The molecule has 0 spiro atoms. The van der Waals surface area contributed by atoms with E-state index in [0.717, 1.165) is 5.69 Å². The first-order valence-electron chi connectivity index (χ1n) is 6.11. The van der Waals surface area contributed by atoms with Gasteiger partial charge in [-0.3, -0.25) is 4.79 Å². The summed E-state index contributed by atoms with van der Waals surface area (Å²) in [6.45, 7) is 4.35. The quantitative estimate of drug-likeness (QED) is 0.826. The maximum absolute atomic E-state index is 11.6. The van der Waals surface area contributed by atoms with Gasteiger partial charge in [-0.05, 0) is 13.8 Å². The van der Waals surface area contributed by atoms with E-state index in [9.17, 15) is 14.7 Å². The minimum atomic E-state index is -0.928. The van der Waals surface area contributed by atoms with Crippen molar-refractivity contribution in [1.82, 2.24) is 14.5 Å². The van der Waals surface area contributed by atoms with Crippen molar-refractivity contribution < 1.29 is 14.7 Å². The number of hydrogen-bond acceptors (Lipinski definition) is 4. The third kappa shape index (κ3) is 1.83. The second kappa shape index (κ2) is 4.00. The Hall–Kier alpha value is -1.50. The van der Waals surface area contributed by atoms with Crippen molar-refractivity contribution in [2.45, 2.75) is 43.0 Å². The van der Waals surface area contributed by atoms with E-state index in [4.69, 9.17) is 0 Å². The number of rotatable bonds is 3. The summed E-state index contributed by atoms with van der Waals surface area (Å²) < 4.78 is 1.38. The number of amides is 1. The molecule has 7 heteroatoms. The summed E-state index contributed by atoms with van der Waals surface area (Å²) in [6, 6.07) is -0.758. The van der Waals surface area contributed by atoms with Crippen LogP contribution >= 0.6 is 11.8 Å². The molecular formula is C12H15N3O3S. The lowest BCUT2D eigenvalue weighted by Crippen LogP contribution is -2.57. The molecule has 3 atom stereocenters. The maximum atomic E-state index is 11.6. The molecule has 0 radical (unpaired) electrons. The molecule has 3 heterocycles. The van der Waals surface area contributed by atoms with Crippen LogP contribution in [0.25, 0.3) is 0 Å². The summed E-state index contributed by atoms with van der Waals surface area (Å²) in [5.74, 6) is -0.988. The molecule has 2 saturated heterocycles. The topological polar surface area (TPSA) is 75.4 Å². The largest absolute Gasteiger partial charge is 0.480 e. The molecule has 2 aliphatic heterocycles. The van der Waals surface area contributed by atoms with Gasteiger partial charge in [0, 0.05) is 12.7 Å². The number of nitrogens with zero attached hydrogens (tertiary/aromatic N) is 3. The molecule has 2 fully saturated rings. The Bertz CT molecular complexity index is 558. The Morgan fingerprint density at radius 1 is 1.68 bits per heavy atom. The van der Waals surface area contributed by atoms with Crippen LogP contribution in [0.2, 0.25) is 0 Å². The molecule has 102 valence electrons. The van der Waals surface area contributed by atoms with Gasteiger partial charge in [0.25, 0.3) is 0 Å². The van der Waals surface area contributed by atoms with Crippen molar-refractivity contribution in [3.05, 3.63) is 18.2 Å². The van der Waals surface area contributed by atoms with Gasteiger partial charge in [0.2, 0.25) is 5.91 Å². The molecule has 0 unspecified atom stereocenters. The molecule has 1 amide bonds. The van der Waals surface area contributed by atoms with Gasteiger partial charge >= 0.3 is 5.97 Å². The Kier molecular flexibility index (Phi) is 2.63. The molecule has 1 aromatic heterocycles. The van der Waals surface area contributed by atoms with Crippen LogP contribution in [0.4, 0.5) is 0 Å².